The number of aryl methyl sites for hydroxylation is 1. The second-order valence-electron chi connectivity index (χ2n) is 6.53. The molecule has 0 radical (unpaired) electrons. The van der Waals surface area contributed by atoms with Crippen LogP contribution in [-0.4, -0.2) is 35.2 Å². The van der Waals surface area contributed by atoms with Crippen molar-refractivity contribution in [3.8, 4) is 0 Å². The van der Waals surface area contributed by atoms with E-state index < -0.39 is 5.97 Å². The van der Waals surface area contributed by atoms with Crippen LogP contribution in [0, 0.1) is 0 Å². The van der Waals surface area contributed by atoms with Crippen LogP contribution in [-0.2, 0) is 11.3 Å². The molecule has 0 aromatic carbocycles. The normalized spacial score (nSPS) is 15.8. The molecule has 1 aliphatic rings. The maximum absolute atomic E-state index is 12.6. The maximum Gasteiger partial charge on any atom is 0.305 e. The quantitative estimate of drug-likeness (QED) is 0.778. The summed E-state index contributed by atoms with van der Waals surface area (Å²) in [4.78, 5) is 32.1. The van der Waals surface area contributed by atoms with Crippen LogP contribution in [0.2, 0.25) is 0 Å². The van der Waals surface area contributed by atoms with Crippen LogP contribution in [0.25, 0.3) is 16.7 Å². The van der Waals surface area contributed by atoms with E-state index in [2.05, 4.69) is 15.1 Å². The van der Waals surface area contributed by atoms with Crippen LogP contribution in [0.4, 0.5) is 0 Å². The van der Waals surface area contributed by atoms with Crippen LogP contribution in [0.3, 0.4) is 0 Å². The molecule has 0 atom stereocenters. The van der Waals surface area contributed by atoms with E-state index in [1.807, 2.05) is 0 Å². The Morgan fingerprint density at radius 1 is 1.28 bits per heavy atom. The lowest BCUT2D eigenvalue weighted by molar-refractivity contribution is -0.137. The summed E-state index contributed by atoms with van der Waals surface area (Å²) in [5.74, 6) is 0.723. The Morgan fingerprint density at radius 2 is 2.08 bits per heavy atom. The highest BCUT2D eigenvalue weighted by Crippen LogP contribution is 2.31. The molecule has 0 saturated heterocycles. The highest BCUT2D eigenvalue weighted by Gasteiger charge is 2.21. The van der Waals surface area contributed by atoms with Crippen molar-refractivity contribution in [1.82, 2.24) is 24.1 Å². The monoisotopic (exact) mass is 341 g/mol. The molecule has 1 aliphatic carbocycles. The van der Waals surface area contributed by atoms with Gasteiger partial charge in [-0.3, -0.25) is 9.59 Å². The van der Waals surface area contributed by atoms with Crippen molar-refractivity contribution in [2.24, 2.45) is 0 Å². The van der Waals surface area contributed by atoms with Crippen molar-refractivity contribution in [3.05, 3.63) is 34.6 Å². The van der Waals surface area contributed by atoms with Gasteiger partial charge in [0.2, 0.25) is 0 Å². The number of nitrogens with zero attached hydrogens (tertiary/aromatic N) is 5. The fourth-order valence-electron chi connectivity index (χ4n) is 3.50. The molecule has 3 heterocycles. The number of carboxylic acid groups (broad SMARTS) is 1. The summed E-state index contributed by atoms with van der Waals surface area (Å²) < 4.78 is 3.02. The molecule has 0 bridgehead atoms. The number of rotatable bonds is 4. The SMILES string of the molecule is O=C(O)CCn1ccc2c(cnc3nc(C4CCCCC4)nn32)c1=O. The number of carboxylic acids is 1. The summed E-state index contributed by atoms with van der Waals surface area (Å²) >= 11 is 0. The third kappa shape index (κ3) is 2.88. The fourth-order valence-corrected chi connectivity index (χ4v) is 3.50. The number of carbonyl (C=O) groups is 1. The van der Waals surface area contributed by atoms with Gasteiger partial charge in [-0.05, 0) is 18.9 Å². The average Bonchev–Trinajstić information content (AvgIpc) is 3.06. The van der Waals surface area contributed by atoms with E-state index in [4.69, 9.17) is 5.11 Å². The van der Waals surface area contributed by atoms with Crippen LogP contribution in [0.5, 0.6) is 0 Å². The van der Waals surface area contributed by atoms with Gasteiger partial charge in [-0.25, -0.2) is 4.98 Å². The van der Waals surface area contributed by atoms with Crippen molar-refractivity contribution < 1.29 is 9.90 Å². The summed E-state index contributed by atoms with van der Waals surface area (Å²) in [6, 6.07) is 1.77. The van der Waals surface area contributed by atoms with Crippen LogP contribution in [0.1, 0.15) is 50.3 Å². The topological polar surface area (TPSA) is 102 Å². The first kappa shape index (κ1) is 15.7. The number of aromatic nitrogens is 5. The van der Waals surface area contributed by atoms with E-state index in [0.29, 0.717) is 22.6 Å². The molecule has 130 valence electrons. The predicted molar refractivity (Wildman–Crippen MR) is 90.6 cm³/mol. The Kier molecular flexibility index (Phi) is 3.95. The van der Waals surface area contributed by atoms with E-state index in [0.717, 1.165) is 18.7 Å². The minimum Gasteiger partial charge on any atom is -0.481 e. The Morgan fingerprint density at radius 3 is 2.84 bits per heavy atom. The van der Waals surface area contributed by atoms with Crippen molar-refractivity contribution in [3.63, 3.8) is 0 Å². The second kappa shape index (κ2) is 6.27. The first-order valence-electron chi connectivity index (χ1n) is 8.60. The zero-order valence-electron chi connectivity index (χ0n) is 13.8. The molecule has 1 saturated carbocycles. The van der Waals surface area contributed by atoms with E-state index >= 15 is 0 Å². The van der Waals surface area contributed by atoms with Gasteiger partial charge in [0.05, 0.1) is 17.3 Å². The van der Waals surface area contributed by atoms with E-state index in [1.165, 1.54) is 30.0 Å². The van der Waals surface area contributed by atoms with Crippen LogP contribution in [0.15, 0.2) is 23.3 Å². The fraction of sp³-hybridized carbons (Fsp3) is 0.471. The van der Waals surface area contributed by atoms with Gasteiger partial charge in [0.1, 0.15) is 0 Å². The Labute approximate surface area is 143 Å². The molecule has 1 N–H and O–H groups in total. The summed E-state index contributed by atoms with van der Waals surface area (Å²) in [5.41, 5.74) is 0.388. The van der Waals surface area contributed by atoms with Gasteiger partial charge in [-0.2, -0.15) is 9.50 Å². The molecule has 8 heteroatoms. The third-order valence-electron chi connectivity index (χ3n) is 4.86. The molecular weight excluding hydrogens is 322 g/mol. The number of fused-ring (bicyclic) bond motifs is 3. The van der Waals surface area contributed by atoms with E-state index in [-0.39, 0.29) is 18.5 Å². The summed E-state index contributed by atoms with van der Waals surface area (Å²) in [6.45, 7) is 0.132. The van der Waals surface area contributed by atoms with Gasteiger partial charge in [-0.1, -0.05) is 19.3 Å². The minimum atomic E-state index is -0.936. The van der Waals surface area contributed by atoms with Crippen LogP contribution < -0.4 is 5.56 Å². The number of hydrogen-bond acceptors (Lipinski definition) is 5. The third-order valence-corrected chi connectivity index (χ3v) is 4.86. The molecule has 25 heavy (non-hydrogen) atoms. The second-order valence-corrected chi connectivity index (χ2v) is 6.53. The van der Waals surface area contributed by atoms with Crippen LogP contribution >= 0.6 is 0 Å². The molecule has 3 aromatic rings. The molecule has 0 unspecified atom stereocenters. The van der Waals surface area contributed by atoms with E-state index in [1.54, 1.807) is 16.8 Å². The van der Waals surface area contributed by atoms with Crippen molar-refractivity contribution >= 4 is 22.6 Å². The van der Waals surface area contributed by atoms with Gasteiger partial charge in [0.15, 0.2) is 5.82 Å². The lowest BCUT2D eigenvalue weighted by Crippen LogP contribution is -2.21. The highest BCUT2D eigenvalue weighted by molar-refractivity contribution is 5.78. The predicted octanol–water partition coefficient (Wildman–Crippen LogP) is 1.96. The largest absolute Gasteiger partial charge is 0.481 e. The maximum atomic E-state index is 12.6. The molecule has 0 spiro atoms. The zero-order chi connectivity index (χ0) is 17.4. The first-order chi connectivity index (χ1) is 12.1. The van der Waals surface area contributed by atoms with Gasteiger partial charge >= 0.3 is 5.97 Å². The van der Waals surface area contributed by atoms with Crippen molar-refractivity contribution in [1.29, 1.82) is 0 Å². The van der Waals surface area contributed by atoms with E-state index in [9.17, 15) is 9.59 Å². The lowest BCUT2D eigenvalue weighted by atomic mass is 9.89. The average molecular weight is 341 g/mol. The standard InChI is InChI=1S/C17H19N5O3/c23-14(24)7-9-21-8-6-13-12(16(21)25)10-18-17-19-15(20-22(13)17)11-4-2-1-3-5-11/h6,8,10-11H,1-5,7,9H2,(H,23,24). The molecule has 0 amide bonds. The molecule has 4 rings (SSSR count). The molecule has 0 aliphatic heterocycles. The Hall–Kier alpha value is -2.77. The lowest BCUT2D eigenvalue weighted by Gasteiger charge is -2.17. The van der Waals surface area contributed by atoms with Gasteiger partial charge in [-0.15, -0.1) is 5.10 Å². The molecule has 3 aromatic heterocycles. The Balaban J connectivity index is 1.78. The summed E-state index contributed by atoms with van der Waals surface area (Å²) in [7, 11) is 0. The highest BCUT2D eigenvalue weighted by atomic mass is 16.4. The molecular formula is C17H19N5O3. The van der Waals surface area contributed by atoms with Gasteiger partial charge < -0.3 is 9.67 Å². The van der Waals surface area contributed by atoms with Gasteiger partial charge in [0.25, 0.3) is 11.3 Å². The Bertz CT molecular complexity index is 1000. The summed E-state index contributed by atoms with van der Waals surface area (Å²) in [6.07, 6.45) is 8.86. The van der Waals surface area contributed by atoms with Gasteiger partial charge in [0, 0.05) is 24.9 Å². The molecule has 1 fully saturated rings. The molecule has 8 nitrogen and oxygen atoms in total. The van der Waals surface area contributed by atoms with Crippen molar-refractivity contribution in [2.45, 2.75) is 51.0 Å². The minimum absolute atomic E-state index is 0.101. The first-order valence-corrected chi connectivity index (χ1v) is 8.60. The summed E-state index contributed by atoms with van der Waals surface area (Å²) in [5, 5.41) is 13.8. The van der Waals surface area contributed by atoms with Crippen molar-refractivity contribution in [2.75, 3.05) is 0 Å². The zero-order valence-corrected chi connectivity index (χ0v) is 13.8. The smallest absolute Gasteiger partial charge is 0.305 e. The number of hydrogen-bond donors (Lipinski definition) is 1. The number of aliphatic carboxylic acids is 1. The number of pyridine rings is 1.